The second-order valence-corrected chi connectivity index (χ2v) is 7.15. The third-order valence-electron chi connectivity index (χ3n) is 4.81. The molecular formula is C23H31IN4O3. The van der Waals surface area contributed by atoms with Gasteiger partial charge in [-0.2, -0.15) is 0 Å². The average molecular weight is 538 g/mol. The number of likely N-dealkylation sites (tertiary alicyclic amines) is 1. The van der Waals surface area contributed by atoms with E-state index in [1.807, 2.05) is 54.6 Å². The predicted molar refractivity (Wildman–Crippen MR) is 135 cm³/mol. The second-order valence-electron chi connectivity index (χ2n) is 7.15. The number of carbonyl (C=O) groups is 1. The van der Waals surface area contributed by atoms with Crippen LogP contribution in [0.25, 0.3) is 0 Å². The number of hydrogen-bond acceptors (Lipinski definition) is 4. The monoisotopic (exact) mass is 538 g/mol. The van der Waals surface area contributed by atoms with Gasteiger partial charge in [0, 0.05) is 51.7 Å². The fourth-order valence-electron chi connectivity index (χ4n) is 3.41. The highest BCUT2D eigenvalue weighted by atomic mass is 127. The first-order valence-electron chi connectivity index (χ1n) is 10.3. The molecule has 7 nitrogen and oxygen atoms in total. The molecule has 0 atom stereocenters. The average Bonchev–Trinajstić information content (AvgIpc) is 2.75. The van der Waals surface area contributed by atoms with Crippen LogP contribution in [0.2, 0.25) is 0 Å². The Labute approximate surface area is 201 Å². The molecule has 8 heteroatoms. The number of aliphatic imine (C=N–C) groups is 1. The van der Waals surface area contributed by atoms with Crippen LogP contribution in [0.1, 0.15) is 19.8 Å². The molecular weight excluding hydrogens is 507 g/mol. The van der Waals surface area contributed by atoms with Crippen LogP contribution in [0.15, 0.2) is 59.6 Å². The molecule has 1 aliphatic heterocycles. The summed E-state index contributed by atoms with van der Waals surface area (Å²) in [4.78, 5) is 17.8. The van der Waals surface area contributed by atoms with Gasteiger partial charge in [-0.3, -0.25) is 9.79 Å². The van der Waals surface area contributed by atoms with Gasteiger partial charge in [0.2, 0.25) is 5.91 Å². The number of ether oxygens (including phenoxy) is 2. The zero-order valence-electron chi connectivity index (χ0n) is 18.0. The quantitative estimate of drug-likeness (QED) is 0.243. The summed E-state index contributed by atoms with van der Waals surface area (Å²) in [7, 11) is 1.80. The van der Waals surface area contributed by atoms with Crippen molar-refractivity contribution in [3.05, 3.63) is 54.6 Å². The van der Waals surface area contributed by atoms with E-state index in [9.17, 15) is 4.79 Å². The number of hydrogen-bond donors (Lipinski definition) is 2. The van der Waals surface area contributed by atoms with Gasteiger partial charge in [0.05, 0.1) is 6.54 Å². The van der Waals surface area contributed by atoms with E-state index in [1.165, 1.54) is 6.92 Å². The van der Waals surface area contributed by atoms with Crippen LogP contribution >= 0.6 is 24.0 Å². The number of amides is 1. The van der Waals surface area contributed by atoms with Gasteiger partial charge in [0.15, 0.2) is 5.96 Å². The molecule has 0 unspecified atom stereocenters. The summed E-state index contributed by atoms with van der Waals surface area (Å²) in [5.74, 6) is 2.43. The first kappa shape index (κ1) is 24.8. The molecule has 0 aromatic heterocycles. The Morgan fingerprint density at radius 1 is 1.10 bits per heavy atom. The van der Waals surface area contributed by atoms with Crippen molar-refractivity contribution in [1.29, 1.82) is 0 Å². The Morgan fingerprint density at radius 2 is 1.81 bits per heavy atom. The van der Waals surface area contributed by atoms with Gasteiger partial charge in [0.25, 0.3) is 0 Å². The van der Waals surface area contributed by atoms with Crippen LogP contribution in [-0.2, 0) is 4.79 Å². The minimum atomic E-state index is -0.101. The number of rotatable bonds is 7. The number of guanidine groups is 1. The van der Waals surface area contributed by atoms with E-state index in [0.717, 1.165) is 49.1 Å². The molecule has 2 aromatic carbocycles. The molecule has 0 bridgehead atoms. The van der Waals surface area contributed by atoms with Gasteiger partial charge in [-0.15, -0.1) is 24.0 Å². The number of halogens is 1. The Kier molecular flexibility index (Phi) is 10.4. The number of carbonyl (C=O) groups excluding carboxylic acids is 1. The summed E-state index contributed by atoms with van der Waals surface area (Å²) < 4.78 is 11.9. The molecule has 0 saturated carbocycles. The lowest BCUT2D eigenvalue weighted by Crippen LogP contribution is -2.48. The molecule has 2 N–H and O–H groups in total. The van der Waals surface area contributed by atoms with Gasteiger partial charge in [-0.1, -0.05) is 24.3 Å². The number of anilines is 1. The van der Waals surface area contributed by atoms with E-state index in [2.05, 4.69) is 20.5 Å². The maximum absolute atomic E-state index is 11.2. The van der Waals surface area contributed by atoms with Crippen LogP contribution in [0.5, 0.6) is 11.5 Å². The molecule has 168 valence electrons. The zero-order chi connectivity index (χ0) is 21.2. The van der Waals surface area contributed by atoms with Crippen molar-refractivity contribution in [1.82, 2.24) is 10.2 Å². The predicted octanol–water partition coefficient (Wildman–Crippen LogP) is 3.76. The van der Waals surface area contributed by atoms with Crippen LogP contribution in [-0.4, -0.2) is 56.2 Å². The third kappa shape index (κ3) is 8.28. The fraction of sp³-hybridized carbons (Fsp3) is 0.391. The van der Waals surface area contributed by atoms with Gasteiger partial charge in [-0.25, -0.2) is 0 Å². The van der Waals surface area contributed by atoms with Crippen LogP contribution in [0.4, 0.5) is 5.69 Å². The van der Waals surface area contributed by atoms with Crippen molar-refractivity contribution in [3.8, 4) is 11.5 Å². The normalized spacial score (nSPS) is 14.4. The maximum atomic E-state index is 11.2. The number of nitrogens with zero attached hydrogens (tertiary/aromatic N) is 2. The van der Waals surface area contributed by atoms with Crippen LogP contribution < -0.4 is 20.1 Å². The molecule has 0 spiro atoms. The molecule has 1 saturated heterocycles. The summed E-state index contributed by atoms with van der Waals surface area (Å²) >= 11 is 0. The lowest BCUT2D eigenvalue weighted by Gasteiger charge is -2.34. The number of benzene rings is 2. The van der Waals surface area contributed by atoms with Gasteiger partial charge < -0.3 is 25.0 Å². The zero-order valence-corrected chi connectivity index (χ0v) is 20.4. The van der Waals surface area contributed by atoms with Crippen molar-refractivity contribution in [2.24, 2.45) is 4.99 Å². The smallest absolute Gasteiger partial charge is 0.221 e. The molecule has 31 heavy (non-hydrogen) atoms. The maximum Gasteiger partial charge on any atom is 0.221 e. The van der Waals surface area contributed by atoms with Crippen LogP contribution in [0.3, 0.4) is 0 Å². The lowest BCUT2D eigenvalue weighted by molar-refractivity contribution is -0.114. The van der Waals surface area contributed by atoms with E-state index >= 15 is 0 Å². The molecule has 1 fully saturated rings. The van der Waals surface area contributed by atoms with E-state index in [1.54, 1.807) is 7.05 Å². The lowest BCUT2D eigenvalue weighted by atomic mass is 10.1. The largest absolute Gasteiger partial charge is 0.492 e. The van der Waals surface area contributed by atoms with Crippen molar-refractivity contribution in [3.63, 3.8) is 0 Å². The van der Waals surface area contributed by atoms with Gasteiger partial charge >= 0.3 is 0 Å². The highest BCUT2D eigenvalue weighted by molar-refractivity contribution is 14.0. The molecule has 3 rings (SSSR count). The van der Waals surface area contributed by atoms with E-state index in [0.29, 0.717) is 13.2 Å². The minimum absolute atomic E-state index is 0. The summed E-state index contributed by atoms with van der Waals surface area (Å²) in [6.07, 6.45) is 2.16. The molecule has 1 aliphatic rings. The summed E-state index contributed by atoms with van der Waals surface area (Å²) in [6, 6.07) is 17.4. The van der Waals surface area contributed by atoms with E-state index in [-0.39, 0.29) is 36.0 Å². The Bertz CT molecular complexity index is 840. The molecule has 0 aliphatic carbocycles. The molecule has 2 aromatic rings. The summed E-state index contributed by atoms with van der Waals surface area (Å²) in [5, 5.41) is 6.12. The molecule has 0 radical (unpaired) electrons. The van der Waals surface area contributed by atoms with Crippen molar-refractivity contribution in [2.75, 3.05) is 38.6 Å². The summed E-state index contributed by atoms with van der Waals surface area (Å²) in [6.45, 7) is 4.42. The molecule has 1 heterocycles. The number of para-hydroxylation sites is 1. The van der Waals surface area contributed by atoms with Crippen molar-refractivity contribution >= 4 is 41.5 Å². The van der Waals surface area contributed by atoms with Crippen molar-refractivity contribution in [2.45, 2.75) is 25.9 Å². The Morgan fingerprint density at radius 3 is 2.48 bits per heavy atom. The Hall–Kier alpha value is -2.49. The standard InChI is InChI=1S/C23H30N4O3.HI/c1-18(28)26-19-7-6-10-22(17-19)29-16-13-25-23(24-2)27-14-11-21(12-15-27)30-20-8-4-3-5-9-20;/h3-10,17,21H,11-16H2,1-2H3,(H,24,25)(H,26,28);1H. The fourth-order valence-corrected chi connectivity index (χ4v) is 3.41. The number of piperidine rings is 1. The van der Waals surface area contributed by atoms with E-state index in [4.69, 9.17) is 9.47 Å². The Balaban J connectivity index is 0.00000341. The van der Waals surface area contributed by atoms with Gasteiger partial charge in [0.1, 0.15) is 24.2 Å². The first-order valence-corrected chi connectivity index (χ1v) is 10.3. The van der Waals surface area contributed by atoms with E-state index < -0.39 is 0 Å². The minimum Gasteiger partial charge on any atom is -0.492 e. The summed E-state index contributed by atoms with van der Waals surface area (Å²) in [5.41, 5.74) is 0.726. The first-order chi connectivity index (χ1) is 14.6. The topological polar surface area (TPSA) is 75.2 Å². The van der Waals surface area contributed by atoms with Crippen LogP contribution in [0, 0.1) is 0 Å². The highest BCUT2D eigenvalue weighted by Crippen LogP contribution is 2.19. The van der Waals surface area contributed by atoms with Crippen molar-refractivity contribution < 1.29 is 14.3 Å². The molecule has 1 amide bonds. The third-order valence-corrected chi connectivity index (χ3v) is 4.81. The highest BCUT2D eigenvalue weighted by Gasteiger charge is 2.22. The van der Waals surface area contributed by atoms with Gasteiger partial charge in [-0.05, 0) is 24.3 Å². The second kappa shape index (κ2) is 13.0. The SMILES string of the molecule is CN=C(NCCOc1cccc(NC(C)=O)c1)N1CCC(Oc2ccccc2)CC1.I. The number of nitrogens with one attached hydrogen (secondary N) is 2.